The van der Waals surface area contributed by atoms with Crippen molar-refractivity contribution in [2.75, 3.05) is 5.43 Å². The number of rotatable bonds is 5. The van der Waals surface area contributed by atoms with Crippen LogP contribution in [0.1, 0.15) is 36.6 Å². The fourth-order valence-corrected chi connectivity index (χ4v) is 3.19. The van der Waals surface area contributed by atoms with E-state index >= 15 is 0 Å². The Morgan fingerprint density at radius 1 is 0.839 bits per heavy atom. The van der Waals surface area contributed by atoms with Crippen LogP contribution in [-0.4, -0.2) is 22.6 Å². The van der Waals surface area contributed by atoms with Crippen LogP contribution in [0.5, 0.6) is 0 Å². The average Bonchev–Trinajstić information content (AvgIpc) is 3.02. The van der Waals surface area contributed by atoms with Crippen molar-refractivity contribution in [3.63, 3.8) is 0 Å². The molecule has 1 aliphatic rings. The largest absolute Gasteiger partial charge is 0.295 e. The molecule has 0 fully saturated rings. The highest BCUT2D eigenvalue weighted by molar-refractivity contribution is 6.21. The molecule has 3 aromatic carbocycles. The lowest BCUT2D eigenvalue weighted by Crippen LogP contribution is -2.31. The van der Waals surface area contributed by atoms with Gasteiger partial charge < -0.3 is 0 Å². The predicted molar refractivity (Wildman–Crippen MR) is 104 cm³/mol. The highest BCUT2D eigenvalue weighted by Crippen LogP contribution is 2.24. The Morgan fingerprint density at radius 2 is 1.52 bits per heavy atom. The lowest BCUT2D eigenvalue weighted by molar-refractivity contribution is 0.0642. The summed E-state index contributed by atoms with van der Waals surface area (Å²) in [5.74, 6) is -6.03. The van der Waals surface area contributed by atoms with Gasteiger partial charge in [-0.1, -0.05) is 24.3 Å². The first-order valence-electron chi connectivity index (χ1n) is 9.11. The van der Waals surface area contributed by atoms with Crippen LogP contribution < -0.4 is 10.9 Å². The van der Waals surface area contributed by atoms with Crippen LogP contribution in [-0.2, 0) is 6.54 Å². The first kappa shape index (κ1) is 20.1. The second-order valence-electron chi connectivity index (χ2n) is 6.74. The van der Waals surface area contributed by atoms with Gasteiger partial charge in [0, 0.05) is 5.56 Å². The molecular formula is C22H14F3N3O3. The molecule has 0 aliphatic carbocycles. The van der Waals surface area contributed by atoms with Crippen molar-refractivity contribution in [3.8, 4) is 0 Å². The number of halogens is 3. The van der Waals surface area contributed by atoms with E-state index in [2.05, 4.69) is 10.9 Å². The van der Waals surface area contributed by atoms with E-state index in [9.17, 15) is 27.6 Å². The normalized spacial score (nSPS) is 12.7. The van der Waals surface area contributed by atoms with E-state index in [1.54, 1.807) is 36.4 Å². The van der Waals surface area contributed by atoms with Crippen LogP contribution in [0, 0.1) is 17.5 Å². The average molecular weight is 425 g/mol. The Morgan fingerprint density at radius 3 is 2.19 bits per heavy atom. The van der Waals surface area contributed by atoms with Crippen LogP contribution in [0.3, 0.4) is 0 Å². The summed E-state index contributed by atoms with van der Waals surface area (Å²) in [6.45, 7) is -0.0430. The summed E-state index contributed by atoms with van der Waals surface area (Å²) in [4.78, 5) is 38.4. The number of fused-ring (bicyclic) bond motifs is 1. The molecule has 6 nitrogen and oxygen atoms in total. The van der Waals surface area contributed by atoms with Crippen LogP contribution in [0.25, 0.3) is 0 Å². The van der Waals surface area contributed by atoms with E-state index in [0.717, 1.165) is 17.0 Å². The number of hydrogen-bond donors (Lipinski definition) is 2. The molecule has 0 aromatic heterocycles. The standard InChI is InChI=1S/C22H14F3N3O3/c23-16-8-9-17(19(25)18(16)24)26-27-20(29)13-5-3-4-12(10-13)11-28-21(30)14-6-1-2-7-15(14)22(28)31/h1-10,26H,11H2,(H,27,29). The molecule has 0 saturated heterocycles. The third-order valence-electron chi connectivity index (χ3n) is 4.75. The topological polar surface area (TPSA) is 78.5 Å². The first-order chi connectivity index (χ1) is 14.9. The minimum absolute atomic E-state index is 0.0430. The summed E-state index contributed by atoms with van der Waals surface area (Å²) in [6, 6.07) is 14.3. The zero-order valence-corrected chi connectivity index (χ0v) is 15.8. The fraction of sp³-hybridized carbons (Fsp3) is 0.0455. The number of hydrazine groups is 1. The van der Waals surface area contributed by atoms with Gasteiger partial charge in [-0.15, -0.1) is 0 Å². The minimum Gasteiger partial charge on any atom is -0.295 e. The van der Waals surface area contributed by atoms with Gasteiger partial charge >= 0.3 is 0 Å². The molecule has 0 atom stereocenters. The molecule has 1 aliphatic heterocycles. The molecule has 31 heavy (non-hydrogen) atoms. The second kappa shape index (κ2) is 7.94. The van der Waals surface area contributed by atoms with E-state index in [4.69, 9.17) is 0 Å². The maximum absolute atomic E-state index is 13.7. The first-order valence-corrected chi connectivity index (χ1v) is 9.11. The third-order valence-corrected chi connectivity index (χ3v) is 4.75. The SMILES string of the molecule is O=C(NNc1ccc(F)c(F)c1F)c1cccc(CN2C(=O)c3ccccc3C2=O)c1. The highest BCUT2D eigenvalue weighted by Gasteiger charge is 2.35. The monoisotopic (exact) mass is 425 g/mol. The van der Waals surface area contributed by atoms with E-state index in [-0.39, 0.29) is 12.1 Å². The van der Waals surface area contributed by atoms with Crippen molar-refractivity contribution in [2.24, 2.45) is 0 Å². The Labute approximate surface area is 174 Å². The Balaban J connectivity index is 1.46. The Bertz CT molecular complexity index is 1190. The summed E-state index contributed by atoms with van der Waals surface area (Å²) >= 11 is 0. The maximum Gasteiger partial charge on any atom is 0.269 e. The summed E-state index contributed by atoms with van der Waals surface area (Å²) in [6.07, 6.45) is 0. The Hall–Kier alpha value is -4.14. The molecule has 2 N–H and O–H groups in total. The molecule has 4 rings (SSSR count). The fourth-order valence-electron chi connectivity index (χ4n) is 3.19. The molecule has 3 amide bonds. The number of benzene rings is 3. The van der Waals surface area contributed by atoms with Gasteiger partial charge in [0.1, 0.15) is 0 Å². The van der Waals surface area contributed by atoms with Gasteiger partial charge in [-0.2, -0.15) is 0 Å². The lowest BCUT2D eigenvalue weighted by atomic mass is 10.1. The molecule has 156 valence electrons. The van der Waals surface area contributed by atoms with Gasteiger partial charge in [-0.3, -0.25) is 30.1 Å². The smallest absolute Gasteiger partial charge is 0.269 e. The Kier molecular flexibility index (Phi) is 5.16. The van der Waals surface area contributed by atoms with Crippen molar-refractivity contribution in [2.45, 2.75) is 6.54 Å². The van der Waals surface area contributed by atoms with Gasteiger partial charge in [0.05, 0.1) is 23.4 Å². The summed E-state index contributed by atoms with van der Waals surface area (Å²) in [7, 11) is 0. The van der Waals surface area contributed by atoms with Crippen molar-refractivity contribution < 1.29 is 27.6 Å². The zero-order chi connectivity index (χ0) is 22.1. The predicted octanol–water partition coefficient (Wildman–Crippen LogP) is 3.66. The second-order valence-corrected chi connectivity index (χ2v) is 6.74. The molecule has 0 radical (unpaired) electrons. The number of nitrogens with zero attached hydrogens (tertiary/aromatic N) is 1. The quantitative estimate of drug-likeness (QED) is 0.372. The summed E-state index contributed by atoms with van der Waals surface area (Å²) in [5, 5.41) is 0. The van der Waals surface area contributed by atoms with E-state index in [1.165, 1.54) is 12.1 Å². The number of hydrogen-bond acceptors (Lipinski definition) is 4. The molecular weight excluding hydrogens is 411 g/mol. The molecule has 0 spiro atoms. The van der Waals surface area contributed by atoms with Gasteiger partial charge in [-0.25, -0.2) is 13.2 Å². The number of imide groups is 1. The number of anilines is 1. The van der Waals surface area contributed by atoms with Crippen molar-refractivity contribution in [1.82, 2.24) is 10.3 Å². The molecule has 1 heterocycles. The van der Waals surface area contributed by atoms with E-state index in [1.807, 2.05) is 0 Å². The number of nitrogens with one attached hydrogen (secondary N) is 2. The van der Waals surface area contributed by atoms with Gasteiger partial charge in [0.2, 0.25) is 0 Å². The summed E-state index contributed by atoms with van der Waals surface area (Å²) in [5.41, 5.74) is 5.23. The van der Waals surface area contributed by atoms with Crippen molar-refractivity contribution in [1.29, 1.82) is 0 Å². The highest BCUT2D eigenvalue weighted by atomic mass is 19.2. The lowest BCUT2D eigenvalue weighted by Gasteiger charge is -2.15. The van der Waals surface area contributed by atoms with Gasteiger partial charge in [0.15, 0.2) is 17.5 Å². The van der Waals surface area contributed by atoms with Crippen molar-refractivity contribution in [3.05, 3.63) is 100 Å². The summed E-state index contributed by atoms with van der Waals surface area (Å²) < 4.78 is 40.0. The molecule has 9 heteroatoms. The van der Waals surface area contributed by atoms with Crippen molar-refractivity contribution >= 4 is 23.4 Å². The van der Waals surface area contributed by atoms with E-state index in [0.29, 0.717) is 16.7 Å². The van der Waals surface area contributed by atoms with E-state index < -0.39 is 40.9 Å². The molecule has 0 unspecified atom stereocenters. The third kappa shape index (κ3) is 3.73. The van der Waals surface area contributed by atoms with Crippen LogP contribution in [0.4, 0.5) is 18.9 Å². The van der Waals surface area contributed by atoms with Crippen LogP contribution in [0.2, 0.25) is 0 Å². The maximum atomic E-state index is 13.7. The minimum atomic E-state index is -1.66. The van der Waals surface area contributed by atoms with Gasteiger partial charge in [-0.05, 0) is 42.0 Å². The van der Waals surface area contributed by atoms with Crippen LogP contribution >= 0.6 is 0 Å². The van der Waals surface area contributed by atoms with Crippen LogP contribution in [0.15, 0.2) is 60.7 Å². The number of amides is 3. The number of carbonyl (C=O) groups is 3. The molecule has 0 bridgehead atoms. The number of carbonyl (C=O) groups excluding carboxylic acids is 3. The zero-order valence-electron chi connectivity index (χ0n) is 15.8. The molecule has 3 aromatic rings. The molecule has 0 saturated carbocycles. The van der Waals surface area contributed by atoms with Gasteiger partial charge in [0.25, 0.3) is 17.7 Å².